The van der Waals surface area contributed by atoms with Gasteiger partial charge in [-0.15, -0.1) is 22.7 Å². The molecule has 0 spiro atoms. The minimum Gasteiger partial charge on any atom is -0.340 e. The van der Waals surface area contributed by atoms with Gasteiger partial charge in [0.2, 0.25) is 5.91 Å². The topological polar surface area (TPSA) is 46.1 Å². The highest BCUT2D eigenvalue weighted by molar-refractivity contribution is 8.00. The maximum atomic E-state index is 13.3. The zero-order valence-electron chi connectivity index (χ0n) is 15.0. The molecule has 1 amide bonds. The smallest absolute Gasteiger partial charge is 0.233 e. The average molecular weight is 430 g/mol. The lowest BCUT2D eigenvalue weighted by atomic mass is 10.1. The summed E-state index contributed by atoms with van der Waals surface area (Å²) in [4.78, 5) is 25.0. The Morgan fingerprint density at radius 3 is 2.75 bits per heavy atom. The minimum atomic E-state index is -0.270. The number of hydrogen-bond donors (Lipinski definition) is 0. The van der Waals surface area contributed by atoms with Gasteiger partial charge in [-0.3, -0.25) is 4.79 Å². The molecular formula is C20H16FN3OS3. The first-order valence-electron chi connectivity index (χ1n) is 8.49. The fraction of sp³-hybridized carbons (Fsp3) is 0.150. The number of fused-ring (bicyclic) bond motifs is 1. The van der Waals surface area contributed by atoms with E-state index in [9.17, 15) is 9.18 Å². The summed E-state index contributed by atoms with van der Waals surface area (Å²) < 4.78 is 13.3. The number of halogens is 1. The monoisotopic (exact) mass is 429 g/mol. The van der Waals surface area contributed by atoms with E-state index in [1.807, 2.05) is 29.9 Å². The number of amides is 1. The average Bonchev–Trinajstić information content (AvgIpc) is 3.36. The number of benzene rings is 1. The van der Waals surface area contributed by atoms with E-state index in [1.54, 1.807) is 28.4 Å². The summed E-state index contributed by atoms with van der Waals surface area (Å²) >= 11 is 4.57. The van der Waals surface area contributed by atoms with Crippen molar-refractivity contribution in [3.63, 3.8) is 0 Å². The maximum Gasteiger partial charge on any atom is 0.233 e. The summed E-state index contributed by atoms with van der Waals surface area (Å²) in [7, 11) is 1.81. The van der Waals surface area contributed by atoms with E-state index >= 15 is 0 Å². The molecule has 0 unspecified atom stereocenters. The van der Waals surface area contributed by atoms with Crippen LogP contribution >= 0.6 is 34.4 Å². The Labute approximate surface area is 174 Å². The van der Waals surface area contributed by atoms with Gasteiger partial charge in [0.1, 0.15) is 22.0 Å². The van der Waals surface area contributed by atoms with Gasteiger partial charge in [-0.25, -0.2) is 14.4 Å². The molecule has 4 rings (SSSR count). The number of thioether (sulfide) groups is 1. The van der Waals surface area contributed by atoms with Crippen molar-refractivity contribution in [3.8, 4) is 11.1 Å². The SMILES string of the molecule is CN(Cc1cccs1)C(=O)CSc1ncnc2scc(-c3ccc(F)cc3)c12. The number of aromatic nitrogens is 2. The van der Waals surface area contributed by atoms with E-state index < -0.39 is 0 Å². The molecular weight excluding hydrogens is 413 g/mol. The van der Waals surface area contributed by atoms with Crippen LogP contribution < -0.4 is 0 Å². The molecule has 0 fully saturated rings. The molecule has 4 nitrogen and oxygen atoms in total. The van der Waals surface area contributed by atoms with Gasteiger partial charge in [-0.2, -0.15) is 0 Å². The van der Waals surface area contributed by atoms with Gasteiger partial charge in [0.05, 0.1) is 17.7 Å². The molecule has 0 aliphatic heterocycles. The Morgan fingerprint density at radius 1 is 1.18 bits per heavy atom. The Balaban J connectivity index is 1.54. The van der Waals surface area contributed by atoms with E-state index in [2.05, 4.69) is 9.97 Å². The second-order valence-electron chi connectivity index (χ2n) is 6.13. The van der Waals surface area contributed by atoms with Gasteiger partial charge >= 0.3 is 0 Å². The predicted octanol–water partition coefficient (Wildman–Crippen LogP) is 5.31. The predicted molar refractivity (Wildman–Crippen MR) is 114 cm³/mol. The molecule has 8 heteroatoms. The van der Waals surface area contributed by atoms with Crippen LogP contribution in [-0.4, -0.2) is 33.6 Å². The Hall–Kier alpha value is -2.29. The maximum absolute atomic E-state index is 13.3. The summed E-state index contributed by atoms with van der Waals surface area (Å²) in [6.07, 6.45) is 1.52. The van der Waals surface area contributed by atoms with Crippen LogP contribution in [0.15, 0.2) is 58.5 Å². The van der Waals surface area contributed by atoms with Crippen molar-refractivity contribution in [2.45, 2.75) is 11.6 Å². The largest absolute Gasteiger partial charge is 0.340 e. The molecule has 1 aromatic carbocycles. The highest BCUT2D eigenvalue weighted by Gasteiger charge is 2.16. The molecule has 0 aliphatic rings. The third-order valence-corrected chi connectivity index (χ3v) is 6.94. The van der Waals surface area contributed by atoms with E-state index in [4.69, 9.17) is 0 Å². The Bertz CT molecular complexity index is 1090. The number of thiophene rings is 2. The second-order valence-corrected chi connectivity index (χ2v) is 8.99. The van der Waals surface area contributed by atoms with Gasteiger partial charge in [0, 0.05) is 22.9 Å². The van der Waals surface area contributed by atoms with Crippen molar-refractivity contribution in [1.82, 2.24) is 14.9 Å². The summed E-state index contributed by atoms with van der Waals surface area (Å²) in [6.45, 7) is 0.607. The first kappa shape index (κ1) is 19.0. The van der Waals surface area contributed by atoms with Crippen LogP contribution in [0, 0.1) is 5.82 Å². The summed E-state index contributed by atoms with van der Waals surface area (Å²) in [5.74, 6) is 0.0735. The number of rotatable bonds is 6. The molecule has 4 aromatic rings. The zero-order chi connectivity index (χ0) is 19.5. The lowest BCUT2D eigenvalue weighted by Crippen LogP contribution is -2.27. The van der Waals surface area contributed by atoms with Crippen LogP contribution in [0.2, 0.25) is 0 Å². The highest BCUT2D eigenvalue weighted by atomic mass is 32.2. The lowest BCUT2D eigenvalue weighted by Gasteiger charge is -2.16. The van der Waals surface area contributed by atoms with E-state index in [-0.39, 0.29) is 11.7 Å². The standard InChI is InChI=1S/C20H16FN3OS3/c1-24(9-15-3-2-8-26-15)17(25)11-28-20-18-16(10-27-19(18)22-12-23-20)13-4-6-14(21)7-5-13/h2-8,10,12H,9,11H2,1H3. The van der Waals surface area contributed by atoms with Crippen LogP contribution in [0.5, 0.6) is 0 Å². The molecule has 28 heavy (non-hydrogen) atoms. The van der Waals surface area contributed by atoms with E-state index in [1.165, 1.54) is 41.6 Å². The molecule has 0 saturated heterocycles. The van der Waals surface area contributed by atoms with Crippen molar-refractivity contribution in [2.75, 3.05) is 12.8 Å². The minimum absolute atomic E-state index is 0.0451. The van der Waals surface area contributed by atoms with Crippen LogP contribution in [0.1, 0.15) is 4.88 Å². The van der Waals surface area contributed by atoms with Crippen molar-refractivity contribution in [3.05, 3.63) is 64.2 Å². The first-order valence-corrected chi connectivity index (χ1v) is 11.2. The normalized spacial score (nSPS) is 11.1. The zero-order valence-corrected chi connectivity index (χ0v) is 17.4. The fourth-order valence-electron chi connectivity index (χ4n) is 2.76. The lowest BCUT2D eigenvalue weighted by molar-refractivity contribution is -0.127. The Kier molecular flexibility index (Phi) is 5.70. The Morgan fingerprint density at radius 2 is 2.00 bits per heavy atom. The van der Waals surface area contributed by atoms with E-state index in [0.29, 0.717) is 12.3 Å². The summed E-state index contributed by atoms with van der Waals surface area (Å²) in [5, 5.41) is 5.69. The third kappa shape index (κ3) is 4.09. The molecule has 0 atom stereocenters. The van der Waals surface area contributed by atoms with Gasteiger partial charge in [-0.05, 0) is 29.1 Å². The van der Waals surface area contributed by atoms with Crippen LogP contribution in [-0.2, 0) is 11.3 Å². The molecule has 0 aliphatic carbocycles. The van der Waals surface area contributed by atoms with Crippen molar-refractivity contribution >= 4 is 50.6 Å². The van der Waals surface area contributed by atoms with Gasteiger partial charge in [-0.1, -0.05) is 30.0 Å². The van der Waals surface area contributed by atoms with Gasteiger partial charge in [0.15, 0.2) is 0 Å². The van der Waals surface area contributed by atoms with Crippen LogP contribution in [0.3, 0.4) is 0 Å². The number of carbonyl (C=O) groups is 1. The summed E-state index contributed by atoms with van der Waals surface area (Å²) in [5.41, 5.74) is 1.87. The fourth-order valence-corrected chi connectivity index (χ4v) is 5.45. The van der Waals surface area contributed by atoms with Gasteiger partial charge in [0.25, 0.3) is 0 Å². The molecule has 0 N–H and O–H groups in total. The number of carbonyl (C=O) groups excluding carboxylic acids is 1. The van der Waals surface area contributed by atoms with Crippen LogP contribution in [0.25, 0.3) is 21.3 Å². The van der Waals surface area contributed by atoms with Crippen molar-refractivity contribution in [2.24, 2.45) is 0 Å². The molecule has 3 aromatic heterocycles. The molecule has 0 radical (unpaired) electrons. The quantitative estimate of drug-likeness (QED) is 0.308. The first-order chi connectivity index (χ1) is 13.6. The number of nitrogens with zero attached hydrogens (tertiary/aromatic N) is 3. The summed E-state index contributed by atoms with van der Waals surface area (Å²) in [6, 6.07) is 10.4. The van der Waals surface area contributed by atoms with Crippen molar-refractivity contribution in [1.29, 1.82) is 0 Å². The van der Waals surface area contributed by atoms with Crippen molar-refractivity contribution < 1.29 is 9.18 Å². The molecule has 3 heterocycles. The molecule has 0 saturated carbocycles. The van der Waals surface area contributed by atoms with Crippen LogP contribution in [0.4, 0.5) is 4.39 Å². The molecule has 142 valence electrons. The second kappa shape index (κ2) is 8.38. The van der Waals surface area contributed by atoms with Gasteiger partial charge < -0.3 is 4.90 Å². The third-order valence-electron chi connectivity index (χ3n) is 4.22. The highest BCUT2D eigenvalue weighted by Crippen LogP contribution is 2.37. The van der Waals surface area contributed by atoms with E-state index in [0.717, 1.165) is 31.2 Å². The number of hydrogen-bond acceptors (Lipinski definition) is 6. The molecule has 0 bridgehead atoms.